The standard InChI is InChI=1S/C23H30N4O3/c1-17-9-10-20(22(28)24-13-6-16-30-2)21(25-17)18-11-14-27(15-12-18)23(29)26-19-7-4-3-5-8-19/h3-5,7-10,18H,6,11-16H2,1-2H3,(H,24,28)(H,26,29). The van der Waals surface area contributed by atoms with E-state index in [1.165, 1.54) is 0 Å². The lowest BCUT2D eigenvalue weighted by atomic mass is 9.90. The summed E-state index contributed by atoms with van der Waals surface area (Å²) in [5, 5.41) is 5.89. The molecule has 2 N–H and O–H groups in total. The number of carbonyl (C=O) groups excluding carboxylic acids is 2. The molecule has 0 radical (unpaired) electrons. The Morgan fingerprint density at radius 3 is 2.57 bits per heavy atom. The molecule has 1 fully saturated rings. The molecule has 1 aliphatic rings. The fourth-order valence-electron chi connectivity index (χ4n) is 3.67. The van der Waals surface area contributed by atoms with Gasteiger partial charge in [0.15, 0.2) is 0 Å². The van der Waals surface area contributed by atoms with Gasteiger partial charge >= 0.3 is 6.03 Å². The second-order valence-electron chi connectivity index (χ2n) is 7.55. The molecule has 1 aromatic carbocycles. The van der Waals surface area contributed by atoms with Gasteiger partial charge in [-0.3, -0.25) is 9.78 Å². The summed E-state index contributed by atoms with van der Waals surface area (Å²) in [6.07, 6.45) is 2.33. The van der Waals surface area contributed by atoms with Gasteiger partial charge in [-0.1, -0.05) is 18.2 Å². The normalized spacial score (nSPS) is 14.4. The molecule has 3 amide bonds. The quantitative estimate of drug-likeness (QED) is 0.684. The number of hydrogen-bond donors (Lipinski definition) is 2. The van der Waals surface area contributed by atoms with Gasteiger partial charge in [0, 0.05) is 50.7 Å². The predicted molar refractivity (Wildman–Crippen MR) is 117 cm³/mol. The zero-order chi connectivity index (χ0) is 21.3. The van der Waals surface area contributed by atoms with Crippen molar-refractivity contribution in [3.63, 3.8) is 0 Å². The van der Waals surface area contributed by atoms with Gasteiger partial charge in [0.2, 0.25) is 0 Å². The van der Waals surface area contributed by atoms with Gasteiger partial charge in [0.25, 0.3) is 5.91 Å². The summed E-state index contributed by atoms with van der Waals surface area (Å²) >= 11 is 0. The topological polar surface area (TPSA) is 83.6 Å². The third kappa shape index (κ3) is 5.79. The van der Waals surface area contributed by atoms with Crippen LogP contribution >= 0.6 is 0 Å². The van der Waals surface area contributed by atoms with E-state index in [0.717, 1.165) is 36.3 Å². The number of aromatic nitrogens is 1. The van der Waals surface area contributed by atoms with Crippen LogP contribution in [0.15, 0.2) is 42.5 Å². The second kappa shape index (κ2) is 10.7. The SMILES string of the molecule is COCCCNC(=O)c1ccc(C)nc1C1CCN(C(=O)Nc2ccccc2)CC1. The van der Waals surface area contributed by atoms with Gasteiger partial charge in [-0.2, -0.15) is 0 Å². The van der Waals surface area contributed by atoms with Crippen molar-refractivity contribution in [3.8, 4) is 0 Å². The zero-order valence-electron chi connectivity index (χ0n) is 17.7. The van der Waals surface area contributed by atoms with Crippen molar-refractivity contribution in [3.05, 3.63) is 59.4 Å². The van der Waals surface area contributed by atoms with Gasteiger partial charge in [-0.25, -0.2) is 4.79 Å². The maximum absolute atomic E-state index is 12.7. The minimum Gasteiger partial charge on any atom is -0.385 e. The lowest BCUT2D eigenvalue weighted by Gasteiger charge is -2.32. The van der Waals surface area contributed by atoms with Crippen LogP contribution in [0.5, 0.6) is 0 Å². The molecule has 1 saturated heterocycles. The van der Waals surface area contributed by atoms with Crippen LogP contribution in [0.25, 0.3) is 0 Å². The summed E-state index contributed by atoms with van der Waals surface area (Å²) in [5.74, 6) is 0.0586. The highest BCUT2D eigenvalue weighted by atomic mass is 16.5. The number of nitrogens with zero attached hydrogens (tertiary/aromatic N) is 2. The lowest BCUT2D eigenvalue weighted by Crippen LogP contribution is -2.41. The van der Waals surface area contributed by atoms with Crippen molar-refractivity contribution >= 4 is 17.6 Å². The van der Waals surface area contributed by atoms with Gasteiger partial charge in [-0.15, -0.1) is 0 Å². The van der Waals surface area contributed by atoms with Crippen molar-refractivity contribution in [2.45, 2.75) is 32.1 Å². The minimum atomic E-state index is -0.0992. The Morgan fingerprint density at radius 2 is 1.87 bits per heavy atom. The Kier molecular flexibility index (Phi) is 7.79. The molecule has 160 valence electrons. The Morgan fingerprint density at radius 1 is 1.13 bits per heavy atom. The third-order valence-electron chi connectivity index (χ3n) is 5.31. The number of piperidine rings is 1. The van der Waals surface area contributed by atoms with Crippen LogP contribution in [0.3, 0.4) is 0 Å². The average Bonchev–Trinajstić information content (AvgIpc) is 2.77. The first-order valence-corrected chi connectivity index (χ1v) is 10.4. The number of methoxy groups -OCH3 is 1. The smallest absolute Gasteiger partial charge is 0.321 e. The molecule has 7 nitrogen and oxygen atoms in total. The summed E-state index contributed by atoms with van der Waals surface area (Å²) in [6.45, 7) is 4.38. The number of anilines is 1. The number of ether oxygens (including phenoxy) is 1. The molecule has 0 atom stereocenters. The molecule has 0 unspecified atom stereocenters. The number of nitrogens with one attached hydrogen (secondary N) is 2. The molecular weight excluding hydrogens is 380 g/mol. The number of benzene rings is 1. The molecule has 0 saturated carbocycles. The van der Waals surface area contributed by atoms with Gasteiger partial charge < -0.3 is 20.3 Å². The Hall–Kier alpha value is -2.93. The van der Waals surface area contributed by atoms with Crippen LogP contribution in [0.2, 0.25) is 0 Å². The molecule has 1 aliphatic heterocycles. The summed E-state index contributed by atoms with van der Waals surface area (Å²) in [6, 6.07) is 13.1. The fourth-order valence-corrected chi connectivity index (χ4v) is 3.67. The minimum absolute atomic E-state index is 0.0899. The first kappa shape index (κ1) is 21.8. The molecule has 0 aliphatic carbocycles. The van der Waals surface area contributed by atoms with Crippen molar-refractivity contribution in [2.75, 3.05) is 38.7 Å². The molecule has 0 bridgehead atoms. The van der Waals surface area contributed by atoms with Gasteiger partial charge in [0.1, 0.15) is 0 Å². The monoisotopic (exact) mass is 410 g/mol. The van der Waals surface area contributed by atoms with Crippen molar-refractivity contribution < 1.29 is 14.3 Å². The van der Waals surface area contributed by atoms with E-state index in [1.54, 1.807) is 7.11 Å². The highest BCUT2D eigenvalue weighted by Crippen LogP contribution is 2.29. The number of hydrogen-bond acceptors (Lipinski definition) is 4. The predicted octanol–water partition coefficient (Wildman–Crippen LogP) is 3.57. The van der Waals surface area contributed by atoms with E-state index in [-0.39, 0.29) is 17.9 Å². The molecule has 3 rings (SSSR count). The van der Waals surface area contributed by atoms with E-state index in [0.29, 0.717) is 31.8 Å². The summed E-state index contributed by atoms with van der Waals surface area (Å²) in [4.78, 5) is 31.7. The molecule has 2 aromatic rings. The van der Waals surface area contributed by atoms with E-state index in [4.69, 9.17) is 9.72 Å². The van der Waals surface area contributed by atoms with Crippen LogP contribution in [0.1, 0.15) is 46.9 Å². The third-order valence-corrected chi connectivity index (χ3v) is 5.31. The van der Waals surface area contributed by atoms with Crippen LogP contribution in [-0.2, 0) is 4.74 Å². The Bertz CT molecular complexity index is 849. The highest BCUT2D eigenvalue weighted by molar-refractivity contribution is 5.95. The van der Waals surface area contributed by atoms with E-state index >= 15 is 0 Å². The summed E-state index contributed by atoms with van der Waals surface area (Å²) in [5.41, 5.74) is 3.15. The van der Waals surface area contributed by atoms with E-state index in [2.05, 4.69) is 10.6 Å². The molecule has 1 aromatic heterocycles. The number of para-hydroxylation sites is 1. The number of urea groups is 1. The first-order chi connectivity index (χ1) is 14.6. The average molecular weight is 411 g/mol. The van der Waals surface area contributed by atoms with Crippen LogP contribution < -0.4 is 10.6 Å². The molecule has 7 heteroatoms. The van der Waals surface area contributed by atoms with Crippen LogP contribution in [-0.4, -0.2) is 55.2 Å². The maximum Gasteiger partial charge on any atom is 0.321 e. The highest BCUT2D eigenvalue weighted by Gasteiger charge is 2.28. The first-order valence-electron chi connectivity index (χ1n) is 10.4. The molecule has 2 heterocycles. The number of amides is 3. The molecule has 0 spiro atoms. The lowest BCUT2D eigenvalue weighted by molar-refractivity contribution is 0.0945. The second-order valence-corrected chi connectivity index (χ2v) is 7.55. The maximum atomic E-state index is 12.7. The Balaban J connectivity index is 1.61. The fraction of sp³-hybridized carbons (Fsp3) is 0.435. The van der Waals surface area contributed by atoms with Gasteiger partial charge in [0.05, 0.1) is 11.3 Å². The summed E-state index contributed by atoms with van der Waals surface area (Å²) < 4.78 is 5.03. The summed E-state index contributed by atoms with van der Waals surface area (Å²) in [7, 11) is 1.65. The number of likely N-dealkylation sites (tertiary alicyclic amines) is 1. The zero-order valence-corrected chi connectivity index (χ0v) is 17.7. The van der Waals surface area contributed by atoms with E-state index < -0.39 is 0 Å². The number of aryl methyl sites for hydroxylation is 1. The van der Waals surface area contributed by atoms with Crippen molar-refractivity contribution in [2.24, 2.45) is 0 Å². The number of carbonyl (C=O) groups is 2. The van der Waals surface area contributed by atoms with Crippen LogP contribution in [0.4, 0.5) is 10.5 Å². The largest absolute Gasteiger partial charge is 0.385 e. The van der Waals surface area contributed by atoms with Gasteiger partial charge in [-0.05, 0) is 50.5 Å². The Labute approximate surface area is 177 Å². The van der Waals surface area contributed by atoms with E-state index in [9.17, 15) is 9.59 Å². The van der Waals surface area contributed by atoms with E-state index in [1.807, 2.05) is 54.3 Å². The van der Waals surface area contributed by atoms with Crippen LogP contribution in [0, 0.1) is 6.92 Å². The molecular formula is C23H30N4O3. The molecule has 30 heavy (non-hydrogen) atoms. The van der Waals surface area contributed by atoms with Crippen molar-refractivity contribution in [1.82, 2.24) is 15.2 Å². The van der Waals surface area contributed by atoms with Crippen molar-refractivity contribution in [1.29, 1.82) is 0 Å². The number of pyridine rings is 1. The number of rotatable bonds is 7.